The lowest BCUT2D eigenvalue weighted by Crippen LogP contribution is -2.24. The van der Waals surface area contributed by atoms with E-state index in [0.717, 1.165) is 24.3 Å². The van der Waals surface area contributed by atoms with Crippen molar-refractivity contribution in [1.29, 1.82) is 0 Å². The summed E-state index contributed by atoms with van der Waals surface area (Å²) in [5.74, 6) is 1.59. The number of rotatable bonds is 8. The van der Waals surface area contributed by atoms with Crippen molar-refractivity contribution >= 4 is 17.2 Å². The third-order valence-corrected chi connectivity index (χ3v) is 5.18. The van der Waals surface area contributed by atoms with Gasteiger partial charge in [-0.05, 0) is 50.2 Å². The van der Waals surface area contributed by atoms with E-state index in [1.54, 1.807) is 0 Å². The first-order valence-electron chi connectivity index (χ1n) is 10.4. The summed E-state index contributed by atoms with van der Waals surface area (Å²) in [4.78, 5) is 19.1. The van der Waals surface area contributed by atoms with Crippen molar-refractivity contribution in [2.75, 3.05) is 18.0 Å². The van der Waals surface area contributed by atoms with Crippen LogP contribution in [0, 0.1) is 0 Å². The highest BCUT2D eigenvalue weighted by Crippen LogP contribution is 2.19. The van der Waals surface area contributed by atoms with Gasteiger partial charge < -0.3 is 14.7 Å². The van der Waals surface area contributed by atoms with Gasteiger partial charge in [-0.25, -0.2) is 0 Å². The second kappa shape index (κ2) is 8.95. The maximum absolute atomic E-state index is 12.6. The number of nitrogens with one attached hydrogen (secondary N) is 1. The molecule has 0 fully saturated rings. The molecule has 0 saturated carbocycles. The average molecular weight is 419 g/mol. The van der Waals surface area contributed by atoms with Gasteiger partial charge in [0.25, 0.3) is 11.8 Å². The van der Waals surface area contributed by atoms with Crippen molar-refractivity contribution in [3.63, 3.8) is 0 Å². The normalized spacial score (nSPS) is 11.1. The molecule has 0 bridgehead atoms. The van der Waals surface area contributed by atoms with Crippen molar-refractivity contribution in [2.45, 2.75) is 33.7 Å². The number of carbonyl (C=O) groups is 1. The summed E-state index contributed by atoms with van der Waals surface area (Å²) in [6, 6.07) is 11.3. The highest BCUT2D eigenvalue weighted by Gasteiger charge is 2.13. The highest BCUT2D eigenvalue weighted by atomic mass is 16.5. The molecule has 0 aliphatic rings. The van der Waals surface area contributed by atoms with Crippen LogP contribution >= 0.6 is 0 Å². The van der Waals surface area contributed by atoms with Crippen molar-refractivity contribution in [3.05, 3.63) is 59.8 Å². The standard InChI is InChI=1S/C22H25N7O2/c1-4-18-24-22(31-27-18)16-11-12-29-19(13-16)25-26-20(29)14-23-21(30)15-7-9-17(10-8-15)28(5-2)6-3/h7-13H,4-6,14H2,1-3H3,(H,23,30). The summed E-state index contributed by atoms with van der Waals surface area (Å²) < 4.78 is 7.11. The molecule has 1 amide bonds. The summed E-state index contributed by atoms with van der Waals surface area (Å²) >= 11 is 0. The first kappa shape index (κ1) is 20.5. The van der Waals surface area contributed by atoms with Crippen LogP contribution in [0.5, 0.6) is 0 Å². The Morgan fingerprint density at radius 1 is 1.10 bits per heavy atom. The largest absolute Gasteiger partial charge is 0.372 e. The number of fused-ring (bicyclic) bond motifs is 1. The van der Waals surface area contributed by atoms with Gasteiger partial charge in [0.05, 0.1) is 6.54 Å². The van der Waals surface area contributed by atoms with Crippen molar-refractivity contribution in [1.82, 2.24) is 30.1 Å². The van der Waals surface area contributed by atoms with Crippen molar-refractivity contribution < 1.29 is 9.32 Å². The van der Waals surface area contributed by atoms with Gasteiger partial charge in [0.2, 0.25) is 0 Å². The van der Waals surface area contributed by atoms with E-state index in [-0.39, 0.29) is 12.5 Å². The van der Waals surface area contributed by atoms with E-state index in [0.29, 0.717) is 35.2 Å². The zero-order valence-electron chi connectivity index (χ0n) is 17.9. The van der Waals surface area contributed by atoms with Gasteiger partial charge in [-0.1, -0.05) is 12.1 Å². The van der Waals surface area contributed by atoms with Crippen LogP contribution in [0.4, 0.5) is 5.69 Å². The van der Waals surface area contributed by atoms with Crippen LogP contribution < -0.4 is 10.2 Å². The molecule has 1 aromatic carbocycles. The topological polar surface area (TPSA) is 101 Å². The molecule has 0 radical (unpaired) electrons. The second-order valence-corrected chi connectivity index (χ2v) is 7.03. The molecule has 0 aliphatic heterocycles. The van der Waals surface area contributed by atoms with Gasteiger partial charge in [-0.2, -0.15) is 4.98 Å². The summed E-state index contributed by atoms with van der Waals surface area (Å²) in [5.41, 5.74) is 3.13. The number of nitrogens with zero attached hydrogens (tertiary/aromatic N) is 6. The van der Waals surface area contributed by atoms with Crippen LogP contribution in [0.1, 0.15) is 42.8 Å². The lowest BCUT2D eigenvalue weighted by atomic mass is 10.2. The minimum Gasteiger partial charge on any atom is -0.372 e. The minimum absolute atomic E-state index is 0.155. The SMILES string of the molecule is CCc1noc(-c2ccn3c(CNC(=O)c4ccc(N(CC)CC)cc4)nnc3c2)n1. The Kier molecular flexibility index (Phi) is 5.92. The number of hydrogen-bond acceptors (Lipinski definition) is 7. The molecule has 1 N–H and O–H groups in total. The maximum Gasteiger partial charge on any atom is 0.258 e. The van der Waals surface area contributed by atoms with Gasteiger partial charge in [-0.3, -0.25) is 9.20 Å². The minimum atomic E-state index is -0.155. The average Bonchev–Trinajstić information content (AvgIpc) is 3.45. The monoisotopic (exact) mass is 419 g/mol. The smallest absolute Gasteiger partial charge is 0.258 e. The molecule has 0 atom stereocenters. The number of carbonyl (C=O) groups excluding carboxylic acids is 1. The molecule has 0 spiro atoms. The predicted octanol–water partition coefficient (Wildman–Crippen LogP) is 3.12. The van der Waals surface area contributed by atoms with Crippen LogP contribution in [0.15, 0.2) is 47.1 Å². The first-order chi connectivity index (χ1) is 15.1. The number of hydrogen-bond donors (Lipinski definition) is 1. The second-order valence-electron chi connectivity index (χ2n) is 7.03. The van der Waals surface area contributed by atoms with Crippen molar-refractivity contribution in [2.24, 2.45) is 0 Å². The molecular weight excluding hydrogens is 394 g/mol. The highest BCUT2D eigenvalue weighted by molar-refractivity contribution is 5.94. The number of anilines is 1. The van der Waals surface area contributed by atoms with Crippen LogP contribution in [0.25, 0.3) is 17.1 Å². The number of aryl methyl sites for hydroxylation is 1. The zero-order valence-corrected chi connectivity index (χ0v) is 17.9. The third-order valence-electron chi connectivity index (χ3n) is 5.18. The van der Waals surface area contributed by atoms with Crippen LogP contribution in [0.3, 0.4) is 0 Å². The van der Waals surface area contributed by atoms with Gasteiger partial charge in [0.15, 0.2) is 17.3 Å². The number of amides is 1. The van der Waals surface area contributed by atoms with Crippen molar-refractivity contribution in [3.8, 4) is 11.5 Å². The van der Waals surface area contributed by atoms with Gasteiger partial charge in [0, 0.05) is 42.5 Å². The predicted molar refractivity (Wildman–Crippen MR) is 117 cm³/mol. The van der Waals surface area contributed by atoms with E-state index < -0.39 is 0 Å². The van der Waals surface area contributed by atoms with E-state index >= 15 is 0 Å². The lowest BCUT2D eigenvalue weighted by Gasteiger charge is -2.21. The fourth-order valence-electron chi connectivity index (χ4n) is 3.38. The Labute approximate surface area is 180 Å². The molecule has 0 saturated heterocycles. The lowest BCUT2D eigenvalue weighted by molar-refractivity contribution is 0.0950. The molecule has 9 nitrogen and oxygen atoms in total. The molecule has 9 heteroatoms. The summed E-state index contributed by atoms with van der Waals surface area (Å²) in [6.45, 7) is 8.31. The van der Waals surface area contributed by atoms with E-state index in [2.05, 4.69) is 44.4 Å². The Morgan fingerprint density at radius 2 is 1.87 bits per heavy atom. The molecule has 0 unspecified atom stereocenters. The maximum atomic E-state index is 12.6. The Bertz CT molecular complexity index is 1180. The molecule has 4 aromatic rings. The molecule has 3 heterocycles. The molecule has 160 valence electrons. The van der Waals surface area contributed by atoms with Gasteiger partial charge >= 0.3 is 0 Å². The Morgan fingerprint density at radius 3 is 2.55 bits per heavy atom. The van der Waals surface area contributed by atoms with Crippen LogP contribution in [0.2, 0.25) is 0 Å². The number of pyridine rings is 1. The van der Waals surface area contributed by atoms with E-state index in [1.807, 2.05) is 53.9 Å². The summed E-state index contributed by atoms with van der Waals surface area (Å²) in [7, 11) is 0. The summed E-state index contributed by atoms with van der Waals surface area (Å²) in [6.07, 6.45) is 2.54. The Hall–Kier alpha value is -3.75. The van der Waals surface area contributed by atoms with Gasteiger partial charge in [0.1, 0.15) is 0 Å². The fourth-order valence-corrected chi connectivity index (χ4v) is 3.38. The van der Waals surface area contributed by atoms with Crippen LogP contribution in [-0.2, 0) is 13.0 Å². The van der Waals surface area contributed by atoms with Crippen LogP contribution in [-0.4, -0.2) is 43.7 Å². The molecule has 0 aliphatic carbocycles. The molecular formula is C22H25N7O2. The fraction of sp³-hybridized carbons (Fsp3) is 0.318. The third kappa shape index (κ3) is 4.25. The molecule has 31 heavy (non-hydrogen) atoms. The molecule has 3 aromatic heterocycles. The van der Waals surface area contributed by atoms with E-state index in [1.165, 1.54) is 0 Å². The molecule has 4 rings (SSSR count). The van der Waals surface area contributed by atoms with E-state index in [9.17, 15) is 4.79 Å². The van der Waals surface area contributed by atoms with E-state index in [4.69, 9.17) is 4.52 Å². The number of aromatic nitrogens is 5. The number of benzene rings is 1. The first-order valence-corrected chi connectivity index (χ1v) is 10.4. The summed E-state index contributed by atoms with van der Waals surface area (Å²) in [5, 5.41) is 15.2. The Balaban J connectivity index is 1.44. The quantitative estimate of drug-likeness (QED) is 0.468. The zero-order chi connectivity index (χ0) is 21.8. The van der Waals surface area contributed by atoms with Gasteiger partial charge in [-0.15, -0.1) is 10.2 Å².